The predicted octanol–water partition coefficient (Wildman–Crippen LogP) is 3.59. The average Bonchev–Trinajstić information content (AvgIpc) is 2.97. The normalized spacial score (nSPS) is 17.7. The summed E-state index contributed by atoms with van der Waals surface area (Å²) >= 11 is 0. The third-order valence-electron chi connectivity index (χ3n) is 5.87. The van der Waals surface area contributed by atoms with Gasteiger partial charge in [-0.05, 0) is 35.2 Å². The molecule has 2 amide bonds. The van der Waals surface area contributed by atoms with E-state index in [1.807, 2.05) is 66.7 Å². The van der Waals surface area contributed by atoms with Crippen LogP contribution in [0, 0.1) is 0 Å². The molecule has 2 heterocycles. The Hall–Kier alpha value is -3.47. The quantitative estimate of drug-likeness (QED) is 0.637. The SMILES string of the molecule is CN(Cc1cccnc1)C(=O)C[C@]1(Cc2ccccc2)C(=O)N(C)c2ccccc21. The number of rotatable bonds is 6. The molecule has 0 N–H and O–H groups in total. The molecule has 1 aliphatic heterocycles. The molecule has 4 rings (SSSR count). The van der Waals surface area contributed by atoms with Crippen LogP contribution in [0.1, 0.15) is 23.1 Å². The first kappa shape index (κ1) is 19.8. The second kappa shape index (κ2) is 8.11. The molecule has 0 saturated carbocycles. The van der Waals surface area contributed by atoms with Crippen molar-refractivity contribution >= 4 is 17.5 Å². The Bertz CT molecular complexity index is 1050. The van der Waals surface area contributed by atoms with Gasteiger partial charge in [-0.1, -0.05) is 54.6 Å². The molecule has 0 unspecified atom stereocenters. The van der Waals surface area contributed by atoms with Gasteiger partial charge in [-0.3, -0.25) is 14.6 Å². The van der Waals surface area contributed by atoms with Gasteiger partial charge in [-0.15, -0.1) is 0 Å². The van der Waals surface area contributed by atoms with Gasteiger partial charge in [0.15, 0.2) is 0 Å². The van der Waals surface area contributed by atoms with Crippen LogP contribution in [0.2, 0.25) is 0 Å². The summed E-state index contributed by atoms with van der Waals surface area (Å²) in [5, 5.41) is 0. The lowest BCUT2D eigenvalue weighted by Gasteiger charge is -2.30. The van der Waals surface area contributed by atoms with Crippen molar-refractivity contribution in [3.63, 3.8) is 0 Å². The third kappa shape index (κ3) is 3.59. The van der Waals surface area contributed by atoms with Crippen molar-refractivity contribution < 1.29 is 9.59 Å². The molecule has 5 nitrogen and oxygen atoms in total. The van der Waals surface area contributed by atoms with E-state index in [1.54, 1.807) is 36.3 Å². The van der Waals surface area contributed by atoms with Crippen molar-refractivity contribution in [1.29, 1.82) is 0 Å². The van der Waals surface area contributed by atoms with Crippen LogP contribution in [0.15, 0.2) is 79.1 Å². The van der Waals surface area contributed by atoms with E-state index >= 15 is 0 Å². The largest absolute Gasteiger partial charge is 0.341 e. The lowest BCUT2D eigenvalue weighted by molar-refractivity contribution is -0.135. The second-order valence-electron chi connectivity index (χ2n) is 7.91. The van der Waals surface area contributed by atoms with Crippen molar-refractivity contribution in [2.75, 3.05) is 19.0 Å². The summed E-state index contributed by atoms with van der Waals surface area (Å²) in [5.41, 5.74) is 2.89. The summed E-state index contributed by atoms with van der Waals surface area (Å²) in [7, 11) is 3.57. The van der Waals surface area contributed by atoms with Crippen LogP contribution in [-0.4, -0.2) is 35.8 Å². The van der Waals surface area contributed by atoms with Gasteiger partial charge in [0, 0.05) is 45.1 Å². The number of anilines is 1. The topological polar surface area (TPSA) is 53.5 Å². The van der Waals surface area contributed by atoms with Crippen molar-refractivity contribution in [3.05, 3.63) is 95.8 Å². The van der Waals surface area contributed by atoms with Crippen LogP contribution in [0.3, 0.4) is 0 Å². The predicted molar refractivity (Wildman–Crippen MR) is 117 cm³/mol. The number of nitrogens with zero attached hydrogens (tertiary/aromatic N) is 3. The summed E-state index contributed by atoms with van der Waals surface area (Å²) in [4.78, 5) is 34.3. The Morgan fingerprint density at radius 3 is 2.43 bits per heavy atom. The number of para-hydroxylation sites is 1. The van der Waals surface area contributed by atoms with Gasteiger partial charge in [0.05, 0.1) is 5.41 Å². The lowest BCUT2D eigenvalue weighted by atomic mass is 9.73. The van der Waals surface area contributed by atoms with Crippen LogP contribution in [0.5, 0.6) is 0 Å². The van der Waals surface area contributed by atoms with Gasteiger partial charge in [-0.2, -0.15) is 0 Å². The van der Waals surface area contributed by atoms with Crippen LogP contribution in [0.4, 0.5) is 5.69 Å². The van der Waals surface area contributed by atoms with Gasteiger partial charge < -0.3 is 9.80 Å². The Morgan fingerprint density at radius 2 is 1.70 bits per heavy atom. The number of fused-ring (bicyclic) bond motifs is 1. The number of likely N-dealkylation sites (N-methyl/N-ethyl adjacent to an activating group) is 1. The molecule has 0 radical (unpaired) electrons. The average molecular weight is 399 g/mol. The fraction of sp³-hybridized carbons (Fsp3) is 0.240. The Morgan fingerprint density at radius 1 is 1.00 bits per heavy atom. The van der Waals surface area contributed by atoms with Crippen LogP contribution in [0.25, 0.3) is 0 Å². The monoisotopic (exact) mass is 399 g/mol. The minimum atomic E-state index is -0.910. The van der Waals surface area contributed by atoms with Crippen molar-refractivity contribution in [1.82, 2.24) is 9.88 Å². The number of hydrogen-bond donors (Lipinski definition) is 0. The van der Waals surface area contributed by atoms with E-state index in [-0.39, 0.29) is 18.2 Å². The molecule has 3 aromatic rings. The van der Waals surface area contributed by atoms with Crippen molar-refractivity contribution in [3.8, 4) is 0 Å². The van der Waals surface area contributed by atoms with Crippen LogP contribution >= 0.6 is 0 Å². The maximum absolute atomic E-state index is 13.6. The number of amides is 2. The molecule has 30 heavy (non-hydrogen) atoms. The molecule has 0 saturated heterocycles. The first-order valence-electron chi connectivity index (χ1n) is 10.1. The van der Waals surface area contributed by atoms with Gasteiger partial charge in [0.1, 0.15) is 0 Å². The first-order chi connectivity index (χ1) is 14.5. The number of aromatic nitrogens is 1. The van der Waals surface area contributed by atoms with E-state index < -0.39 is 5.41 Å². The maximum atomic E-state index is 13.6. The molecule has 0 fully saturated rings. The minimum absolute atomic E-state index is 0.0318. The smallest absolute Gasteiger partial charge is 0.238 e. The van der Waals surface area contributed by atoms with Crippen molar-refractivity contribution in [2.45, 2.75) is 24.8 Å². The highest BCUT2D eigenvalue weighted by atomic mass is 16.2. The molecule has 5 heteroatoms. The number of carbonyl (C=O) groups excluding carboxylic acids is 2. The molecule has 152 valence electrons. The van der Waals surface area contributed by atoms with Gasteiger partial charge in [-0.25, -0.2) is 0 Å². The second-order valence-corrected chi connectivity index (χ2v) is 7.91. The highest BCUT2D eigenvalue weighted by molar-refractivity contribution is 6.09. The summed E-state index contributed by atoms with van der Waals surface area (Å²) in [6, 6.07) is 21.5. The van der Waals surface area contributed by atoms with Crippen LogP contribution in [-0.2, 0) is 28.0 Å². The molecule has 1 aromatic heterocycles. The summed E-state index contributed by atoms with van der Waals surface area (Å²) in [6.07, 6.45) is 4.08. The number of benzene rings is 2. The standard InChI is InChI=1S/C25H25N3O2/c1-27(18-20-11-8-14-26-17-20)23(29)16-25(15-19-9-4-3-5-10-19)21-12-6-7-13-22(21)28(2)24(25)30/h3-14,17H,15-16,18H2,1-2H3/t25-/m0/s1. The maximum Gasteiger partial charge on any atom is 0.238 e. The van der Waals surface area contributed by atoms with E-state index in [0.717, 1.165) is 22.4 Å². The minimum Gasteiger partial charge on any atom is -0.341 e. The van der Waals surface area contributed by atoms with E-state index in [4.69, 9.17) is 0 Å². The number of carbonyl (C=O) groups is 2. The fourth-order valence-electron chi connectivity index (χ4n) is 4.31. The summed E-state index contributed by atoms with van der Waals surface area (Å²) < 4.78 is 0. The molecule has 2 aromatic carbocycles. The Kier molecular flexibility index (Phi) is 5.36. The number of pyridine rings is 1. The van der Waals surface area contributed by atoms with E-state index in [1.165, 1.54) is 0 Å². The highest BCUT2D eigenvalue weighted by Gasteiger charge is 2.51. The van der Waals surface area contributed by atoms with E-state index in [9.17, 15) is 9.59 Å². The van der Waals surface area contributed by atoms with Crippen LogP contribution < -0.4 is 4.90 Å². The van der Waals surface area contributed by atoms with E-state index in [2.05, 4.69) is 4.98 Å². The van der Waals surface area contributed by atoms with Gasteiger partial charge >= 0.3 is 0 Å². The molecule has 0 bridgehead atoms. The van der Waals surface area contributed by atoms with Gasteiger partial charge in [0.25, 0.3) is 0 Å². The Balaban J connectivity index is 1.68. The number of hydrogen-bond acceptors (Lipinski definition) is 3. The first-order valence-corrected chi connectivity index (χ1v) is 10.1. The zero-order valence-electron chi connectivity index (χ0n) is 17.3. The molecule has 0 spiro atoms. The third-order valence-corrected chi connectivity index (χ3v) is 5.87. The Labute approximate surface area is 177 Å². The molecule has 1 aliphatic rings. The summed E-state index contributed by atoms with van der Waals surface area (Å²) in [6.45, 7) is 0.458. The van der Waals surface area contributed by atoms with Gasteiger partial charge in [0.2, 0.25) is 11.8 Å². The molecular formula is C25H25N3O2. The zero-order valence-corrected chi connectivity index (χ0v) is 17.3. The summed E-state index contributed by atoms with van der Waals surface area (Å²) in [5.74, 6) is -0.0936. The highest BCUT2D eigenvalue weighted by Crippen LogP contribution is 2.45. The zero-order chi connectivity index (χ0) is 21.1. The molecule has 1 atom stereocenters. The van der Waals surface area contributed by atoms with E-state index in [0.29, 0.717) is 13.0 Å². The molecule has 0 aliphatic carbocycles. The van der Waals surface area contributed by atoms with Crippen molar-refractivity contribution in [2.24, 2.45) is 0 Å². The molecular weight excluding hydrogens is 374 g/mol. The lowest BCUT2D eigenvalue weighted by Crippen LogP contribution is -2.44. The fourth-order valence-corrected chi connectivity index (χ4v) is 4.31.